The van der Waals surface area contributed by atoms with Crippen LogP contribution in [0, 0.1) is 0 Å². The van der Waals surface area contributed by atoms with Gasteiger partial charge in [0, 0.05) is 6.54 Å². The first-order valence-electron chi connectivity index (χ1n) is 3.96. The van der Waals surface area contributed by atoms with E-state index in [0.717, 1.165) is 0 Å². The maximum absolute atomic E-state index is 10.9. The van der Waals surface area contributed by atoms with Crippen LogP contribution in [0.25, 0.3) is 0 Å². The molecule has 0 spiro atoms. The average Bonchev–Trinajstić information content (AvgIpc) is 2.04. The van der Waals surface area contributed by atoms with Crippen LogP contribution < -0.4 is 10.6 Å². The molecule has 0 aliphatic heterocycles. The van der Waals surface area contributed by atoms with Crippen molar-refractivity contribution in [2.24, 2.45) is 0 Å². The van der Waals surface area contributed by atoms with E-state index in [0.29, 0.717) is 13.0 Å². The van der Waals surface area contributed by atoms with Gasteiger partial charge in [-0.2, -0.15) is 0 Å². The molecule has 0 aliphatic rings. The molecule has 0 aromatic rings. The third kappa shape index (κ3) is 5.72. The molecule has 74 valence electrons. The molecule has 5 heteroatoms. The molecule has 0 aromatic heterocycles. The minimum atomic E-state index is -1.06. The van der Waals surface area contributed by atoms with Crippen LogP contribution in [-0.4, -0.2) is 29.7 Å². The molecule has 0 aromatic carbocycles. The van der Waals surface area contributed by atoms with Crippen LogP contribution in [0.4, 0.5) is 4.79 Å². The largest absolute Gasteiger partial charge is 0.480 e. The molecule has 13 heavy (non-hydrogen) atoms. The maximum Gasteiger partial charge on any atom is 0.325 e. The van der Waals surface area contributed by atoms with Crippen molar-refractivity contribution in [2.45, 2.75) is 19.4 Å². The van der Waals surface area contributed by atoms with Crippen LogP contribution >= 0.6 is 0 Å². The van der Waals surface area contributed by atoms with Crippen molar-refractivity contribution in [2.75, 3.05) is 6.54 Å². The van der Waals surface area contributed by atoms with Crippen LogP contribution in [0.3, 0.4) is 0 Å². The van der Waals surface area contributed by atoms with E-state index in [2.05, 4.69) is 17.2 Å². The summed E-state index contributed by atoms with van der Waals surface area (Å²) in [6.07, 6.45) is 2.33. The van der Waals surface area contributed by atoms with E-state index in [-0.39, 0.29) is 0 Å². The summed E-state index contributed by atoms with van der Waals surface area (Å²) >= 11 is 0. The number of urea groups is 1. The lowest BCUT2D eigenvalue weighted by atomic mass is 10.3. The number of carboxylic acid groups (broad SMARTS) is 1. The average molecular weight is 186 g/mol. The van der Waals surface area contributed by atoms with E-state index in [1.165, 1.54) is 6.92 Å². The van der Waals surface area contributed by atoms with Gasteiger partial charge in [0.1, 0.15) is 6.04 Å². The van der Waals surface area contributed by atoms with Crippen LogP contribution in [0.5, 0.6) is 0 Å². The van der Waals surface area contributed by atoms with Crippen LogP contribution in [-0.2, 0) is 4.79 Å². The first-order chi connectivity index (χ1) is 6.07. The number of amides is 2. The Morgan fingerprint density at radius 3 is 2.69 bits per heavy atom. The summed E-state index contributed by atoms with van der Waals surface area (Å²) in [5.74, 6) is -1.06. The standard InChI is InChI=1S/C8H14N2O3/c1-3-4-5-9-8(13)10-6(2)7(11)12/h3,6H,1,4-5H2,2H3,(H,11,12)(H2,9,10,13). The number of carbonyl (C=O) groups is 2. The van der Waals surface area contributed by atoms with Crippen LogP contribution in [0.1, 0.15) is 13.3 Å². The Bertz CT molecular complexity index is 204. The molecular formula is C8H14N2O3. The van der Waals surface area contributed by atoms with Gasteiger partial charge in [-0.1, -0.05) is 6.08 Å². The summed E-state index contributed by atoms with van der Waals surface area (Å²) in [7, 11) is 0. The highest BCUT2D eigenvalue weighted by molar-refractivity contribution is 5.82. The van der Waals surface area contributed by atoms with Gasteiger partial charge in [0.2, 0.25) is 0 Å². The Morgan fingerprint density at radius 1 is 1.62 bits per heavy atom. The van der Waals surface area contributed by atoms with Crippen LogP contribution in [0.15, 0.2) is 12.7 Å². The SMILES string of the molecule is C=CCCNC(=O)NC(C)C(=O)O. The predicted molar refractivity (Wildman–Crippen MR) is 48.4 cm³/mol. The summed E-state index contributed by atoms with van der Waals surface area (Å²) in [5.41, 5.74) is 0. The zero-order valence-electron chi connectivity index (χ0n) is 7.54. The second kappa shape index (κ2) is 6.05. The molecule has 0 rings (SSSR count). The quantitative estimate of drug-likeness (QED) is 0.428. The van der Waals surface area contributed by atoms with E-state index in [9.17, 15) is 9.59 Å². The lowest BCUT2D eigenvalue weighted by Crippen LogP contribution is -2.44. The summed E-state index contributed by atoms with van der Waals surface area (Å²) in [5, 5.41) is 13.2. The normalized spacial score (nSPS) is 11.5. The molecule has 3 N–H and O–H groups in total. The van der Waals surface area contributed by atoms with Gasteiger partial charge >= 0.3 is 12.0 Å². The van der Waals surface area contributed by atoms with Gasteiger partial charge in [-0.05, 0) is 13.3 Å². The number of carboxylic acids is 1. The van der Waals surface area contributed by atoms with Crippen molar-refractivity contribution in [1.82, 2.24) is 10.6 Å². The van der Waals surface area contributed by atoms with Gasteiger partial charge in [-0.15, -0.1) is 6.58 Å². The zero-order valence-corrected chi connectivity index (χ0v) is 7.54. The van der Waals surface area contributed by atoms with Crippen molar-refractivity contribution in [1.29, 1.82) is 0 Å². The third-order valence-electron chi connectivity index (χ3n) is 1.35. The molecule has 0 saturated heterocycles. The smallest absolute Gasteiger partial charge is 0.325 e. The van der Waals surface area contributed by atoms with E-state index in [1.807, 2.05) is 0 Å². The van der Waals surface area contributed by atoms with Gasteiger partial charge in [-0.25, -0.2) is 4.79 Å². The monoisotopic (exact) mass is 186 g/mol. The fourth-order valence-corrected chi connectivity index (χ4v) is 0.597. The number of hydrogen-bond acceptors (Lipinski definition) is 2. The van der Waals surface area contributed by atoms with E-state index < -0.39 is 18.0 Å². The highest BCUT2D eigenvalue weighted by atomic mass is 16.4. The molecule has 5 nitrogen and oxygen atoms in total. The minimum absolute atomic E-state index is 0.460. The minimum Gasteiger partial charge on any atom is -0.480 e. The number of hydrogen-bond donors (Lipinski definition) is 3. The van der Waals surface area contributed by atoms with Gasteiger partial charge in [0.25, 0.3) is 0 Å². The first-order valence-corrected chi connectivity index (χ1v) is 3.96. The van der Waals surface area contributed by atoms with Crippen molar-refractivity contribution in [3.05, 3.63) is 12.7 Å². The topological polar surface area (TPSA) is 78.4 Å². The van der Waals surface area contributed by atoms with E-state index >= 15 is 0 Å². The Kier molecular flexibility index (Phi) is 5.34. The van der Waals surface area contributed by atoms with Crippen molar-refractivity contribution < 1.29 is 14.7 Å². The summed E-state index contributed by atoms with van der Waals surface area (Å²) in [6.45, 7) is 5.34. The summed E-state index contributed by atoms with van der Waals surface area (Å²) in [4.78, 5) is 21.2. The number of aliphatic carboxylic acids is 1. The Labute approximate surface area is 76.8 Å². The van der Waals surface area contributed by atoms with Crippen molar-refractivity contribution >= 4 is 12.0 Å². The number of carbonyl (C=O) groups excluding carboxylic acids is 1. The lowest BCUT2D eigenvalue weighted by Gasteiger charge is -2.09. The van der Waals surface area contributed by atoms with Gasteiger partial charge in [0.05, 0.1) is 0 Å². The molecule has 0 aliphatic carbocycles. The summed E-state index contributed by atoms with van der Waals surface area (Å²) < 4.78 is 0. The van der Waals surface area contributed by atoms with Crippen molar-refractivity contribution in [3.63, 3.8) is 0 Å². The fraction of sp³-hybridized carbons (Fsp3) is 0.500. The lowest BCUT2D eigenvalue weighted by molar-refractivity contribution is -0.138. The summed E-state index contributed by atoms with van der Waals surface area (Å²) in [6, 6.07) is -1.35. The van der Waals surface area contributed by atoms with Crippen LogP contribution in [0.2, 0.25) is 0 Å². The first kappa shape index (κ1) is 11.5. The Morgan fingerprint density at radius 2 is 2.23 bits per heavy atom. The predicted octanol–water partition coefficient (Wildman–Crippen LogP) is 0.335. The zero-order chi connectivity index (χ0) is 10.3. The molecular weight excluding hydrogens is 172 g/mol. The molecule has 0 bridgehead atoms. The third-order valence-corrected chi connectivity index (χ3v) is 1.35. The fourth-order valence-electron chi connectivity index (χ4n) is 0.597. The van der Waals surface area contributed by atoms with E-state index in [1.54, 1.807) is 6.08 Å². The Balaban J connectivity index is 3.61. The van der Waals surface area contributed by atoms with Gasteiger partial charge in [-0.3, -0.25) is 4.79 Å². The highest BCUT2D eigenvalue weighted by Gasteiger charge is 2.12. The van der Waals surface area contributed by atoms with Crippen molar-refractivity contribution in [3.8, 4) is 0 Å². The molecule has 2 amide bonds. The molecule has 1 atom stereocenters. The van der Waals surface area contributed by atoms with E-state index in [4.69, 9.17) is 5.11 Å². The molecule has 0 saturated carbocycles. The van der Waals surface area contributed by atoms with Gasteiger partial charge < -0.3 is 15.7 Å². The molecule has 1 unspecified atom stereocenters. The highest BCUT2D eigenvalue weighted by Crippen LogP contribution is 1.81. The molecule has 0 fully saturated rings. The second-order valence-corrected chi connectivity index (χ2v) is 2.54. The second-order valence-electron chi connectivity index (χ2n) is 2.54. The van der Waals surface area contributed by atoms with Gasteiger partial charge in [0.15, 0.2) is 0 Å². The Hall–Kier alpha value is -1.52. The number of nitrogens with one attached hydrogen (secondary N) is 2. The maximum atomic E-state index is 10.9. The molecule has 0 heterocycles. The molecule has 0 radical (unpaired) electrons. The number of rotatable bonds is 5.